The van der Waals surface area contributed by atoms with Gasteiger partial charge in [0.2, 0.25) is 0 Å². The molecular formula is C14H16FN3O3. The molecule has 1 aromatic carbocycles. The van der Waals surface area contributed by atoms with Gasteiger partial charge in [-0.2, -0.15) is 0 Å². The third kappa shape index (κ3) is 2.76. The largest absolute Gasteiger partial charge is 0.465 e. The smallest absolute Gasteiger partial charge is 0.404 e. The van der Waals surface area contributed by atoms with Crippen molar-refractivity contribution in [1.29, 1.82) is 0 Å². The van der Waals surface area contributed by atoms with E-state index in [2.05, 4.69) is 10.6 Å². The van der Waals surface area contributed by atoms with Crippen LogP contribution in [0.1, 0.15) is 12.8 Å². The van der Waals surface area contributed by atoms with E-state index >= 15 is 0 Å². The lowest BCUT2D eigenvalue weighted by Gasteiger charge is -2.58. The van der Waals surface area contributed by atoms with Crippen LogP contribution in [0.4, 0.5) is 19.7 Å². The first-order valence-corrected chi connectivity index (χ1v) is 6.77. The number of nitrogens with one attached hydrogen (secondary N) is 2. The summed E-state index contributed by atoms with van der Waals surface area (Å²) in [5, 5.41) is 13.8. The lowest BCUT2D eigenvalue weighted by molar-refractivity contribution is -0.0494. The van der Waals surface area contributed by atoms with Crippen molar-refractivity contribution in [3.05, 3.63) is 30.1 Å². The minimum Gasteiger partial charge on any atom is -0.465 e. The van der Waals surface area contributed by atoms with Crippen LogP contribution in [0.2, 0.25) is 0 Å². The summed E-state index contributed by atoms with van der Waals surface area (Å²) in [7, 11) is 0. The fourth-order valence-electron chi connectivity index (χ4n) is 3.16. The van der Waals surface area contributed by atoms with Crippen LogP contribution in [0.5, 0.6) is 0 Å². The molecule has 3 rings (SSSR count). The maximum atomic E-state index is 12.8. The van der Waals surface area contributed by atoms with Crippen LogP contribution in [0.3, 0.4) is 0 Å². The number of anilines is 1. The predicted molar refractivity (Wildman–Crippen MR) is 73.6 cm³/mol. The van der Waals surface area contributed by atoms with E-state index in [0.717, 1.165) is 12.8 Å². The third-order valence-electron chi connectivity index (χ3n) is 4.12. The normalized spacial score (nSPS) is 19.6. The fraction of sp³-hybridized carbons (Fsp3) is 0.429. The number of halogens is 1. The predicted octanol–water partition coefficient (Wildman–Crippen LogP) is 2.09. The molecule has 1 saturated carbocycles. The molecule has 7 heteroatoms. The Bertz CT molecular complexity index is 561. The van der Waals surface area contributed by atoms with E-state index < -0.39 is 6.09 Å². The van der Waals surface area contributed by atoms with Crippen LogP contribution in [0.25, 0.3) is 0 Å². The number of carbonyl (C=O) groups excluding carboxylic acids is 1. The first-order chi connectivity index (χ1) is 9.96. The van der Waals surface area contributed by atoms with Crippen LogP contribution in [0, 0.1) is 11.2 Å². The molecular weight excluding hydrogens is 277 g/mol. The molecule has 6 nitrogen and oxygen atoms in total. The first kappa shape index (κ1) is 13.7. The lowest BCUT2D eigenvalue weighted by atomic mass is 9.61. The number of hydrogen-bond acceptors (Lipinski definition) is 2. The topological polar surface area (TPSA) is 81.7 Å². The number of amides is 3. The van der Waals surface area contributed by atoms with Gasteiger partial charge in [0.05, 0.1) is 0 Å². The van der Waals surface area contributed by atoms with E-state index in [9.17, 15) is 14.0 Å². The van der Waals surface area contributed by atoms with Gasteiger partial charge in [0, 0.05) is 30.2 Å². The van der Waals surface area contributed by atoms with Crippen molar-refractivity contribution in [3.8, 4) is 0 Å². The van der Waals surface area contributed by atoms with Gasteiger partial charge in [0.15, 0.2) is 0 Å². The van der Waals surface area contributed by atoms with E-state index in [-0.39, 0.29) is 23.3 Å². The fourth-order valence-corrected chi connectivity index (χ4v) is 3.16. The number of benzene rings is 1. The molecule has 112 valence electrons. The molecule has 2 aliphatic rings. The van der Waals surface area contributed by atoms with E-state index in [1.165, 1.54) is 24.3 Å². The third-order valence-corrected chi connectivity index (χ3v) is 4.12. The van der Waals surface area contributed by atoms with Crippen LogP contribution in [0.15, 0.2) is 24.3 Å². The number of likely N-dealkylation sites (tertiary alicyclic amines) is 1. The second kappa shape index (κ2) is 4.91. The van der Waals surface area contributed by atoms with Gasteiger partial charge >= 0.3 is 12.1 Å². The Morgan fingerprint density at radius 1 is 1.24 bits per heavy atom. The van der Waals surface area contributed by atoms with E-state index in [1.807, 2.05) is 0 Å². The average Bonchev–Trinajstić information content (AvgIpc) is 2.33. The zero-order valence-electron chi connectivity index (χ0n) is 11.3. The number of carboxylic acid groups (broad SMARTS) is 1. The highest BCUT2D eigenvalue weighted by atomic mass is 19.1. The molecule has 1 spiro atoms. The van der Waals surface area contributed by atoms with Gasteiger partial charge in [-0.25, -0.2) is 14.0 Å². The molecule has 1 aromatic rings. The van der Waals surface area contributed by atoms with Crippen LogP contribution < -0.4 is 10.6 Å². The van der Waals surface area contributed by atoms with Crippen molar-refractivity contribution in [3.63, 3.8) is 0 Å². The zero-order chi connectivity index (χ0) is 15.0. The molecule has 21 heavy (non-hydrogen) atoms. The van der Waals surface area contributed by atoms with Crippen LogP contribution >= 0.6 is 0 Å². The number of urea groups is 1. The van der Waals surface area contributed by atoms with Gasteiger partial charge in [-0.1, -0.05) is 0 Å². The average molecular weight is 293 g/mol. The van der Waals surface area contributed by atoms with Crippen LogP contribution in [-0.4, -0.2) is 41.3 Å². The first-order valence-electron chi connectivity index (χ1n) is 6.77. The second-order valence-electron chi connectivity index (χ2n) is 5.85. The standard InChI is InChI=1S/C14H16FN3O3/c15-9-1-3-10(4-2-9)16-12(19)18-7-14(8-18)5-11(6-14)17-13(20)21/h1-4,11,17H,5-8H2,(H,16,19)(H,20,21). The van der Waals surface area contributed by atoms with Crippen molar-refractivity contribution < 1.29 is 19.1 Å². The maximum Gasteiger partial charge on any atom is 0.404 e. The van der Waals surface area contributed by atoms with Gasteiger partial charge in [-0.15, -0.1) is 0 Å². The Labute approximate surface area is 120 Å². The quantitative estimate of drug-likeness (QED) is 0.781. The lowest BCUT2D eigenvalue weighted by Crippen LogP contribution is -2.68. The highest BCUT2D eigenvalue weighted by Crippen LogP contribution is 2.48. The van der Waals surface area contributed by atoms with Gasteiger partial charge < -0.3 is 20.6 Å². The molecule has 0 atom stereocenters. The molecule has 3 N–H and O–H groups in total. The summed E-state index contributed by atoms with van der Waals surface area (Å²) in [5.41, 5.74) is 0.633. The minimum atomic E-state index is -1.000. The zero-order valence-corrected chi connectivity index (χ0v) is 11.3. The van der Waals surface area contributed by atoms with Crippen molar-refractivity contribution in [2.24, 2.45) is 5.41 Å². The second-order valence-corrected chi connectivity index (χ2v) is 5.85. The van der Waals surface area contributed by atoms with Gasteiger partial charge in [-0.3, -0.25) is 0 Å². The molecule has 0 bridgehead atoms. The monoisotopic (exact) mass is 293 g/mol. The van der Waals surface area contributed by atoms with Gasteiger partial charge in [0.1, 0.15) is 5.82 Å². The van der Waals surface area contributed by atoms with Crippen LogP contribution in [-0.2, 0) is 0 Å². The summed E-state index contributed by atoms with van der Waals surface area (Å²) in [5.74, 6) is -0.345. The highest BCUT2D eigenvalue weighted by molar-refractivity contribution is 5.90. The number of hydrogen-bond donors (Lipinski definition) is 3. The molecule has 0 radical (unpaired) electrons. The Balaban J connectivity index is 1.45. The summed E-state index contributed by atoms with van der Waals surface area (Å²) in [6.07, 6.45) is 0.555. The summed E-state index contributed by atoms with van der Waals surface area (Å²) >= 11 is 0. The molecule has 1 aliphatic carbocycles. The Hall–Kier alpha value is -2.31. The summed E-state index contributed by atoms with van der Waals surface area (Å²) in [6.45, 7) is 1.27. The van der Waals surface area contributed by atoms with E-state index in [4.69, 9.17) is 5.11 Å². The Morgan fingerprint density at radius 2 is 1.86 bits per heavy atom. The van der Waals surface area contributed by atoms with Gasteiger partial charge in [0.25, 0.3) is 0 Å². The Morgan fingerprint density at radius 3 is 2.43 bits per heavy atom. The molecule has 1 saturated heterocycles. The maximum absolute atomic E-state index is 12.8. The molecule has 0 unspecified atom stereocenters. The molecule has 1 aliphatic heterocycles. The summed E-state index contributed by atoms with van der Waals surface area (Å²) < 4.78 is 12.8. The molecule has 0 aromatic heterocycles. The molecule has 2 fully saturated rings. The molecule has 1 heterocycles. The Kier molecular flexibility index (Phi) is 3.19. The van der Waals surface area contributed by atoms with Gasteiger partial charge in [-0.05, 0) is 37.1 Å². The highest BCUT2D eigenvalue weighted by Gasteiger charge is 2.54. The van der Waals surface area contributed by atoms with E-state index in [0.29, 0.717) is 18.8 Å². The number of nitrogens with zero attached hydrogens (tertiary/aromatic N) is 1. The number of rotatable bonds is 2. The van der Waals surface area contributed by atoms with Crippen molar-refractivity contribution in [2.75, 3.05) is 18.4 Å². The number of carbonyl (C=O) groups is 2. The minimum absolute atomic E-state index is 0.00445. The molecule has 3 amide bonds. The SMILES string of the molecule is O=C(O)NC1CC2(C1)CN(C(=O)Nc1ccc(F)cc1)C2. The van der Waals surface area contributed by atoms with Crippen molar-refractivity contribution in [1.82, 2.24) is 10.2 Å². The summed E-state index contributed by atoms with van der Waals surface area (Å²) in [6, 6.07) is 5.41. The summed E-state index contributed by atoms with van der Waals surface area (Å²) in [4.78, 5) is 24.2. The van der Waals surface area contributed by atoms with Crippen molar-refractivity contribution >= 4 is 17.8 Å². The van der Waals surface area contributed by atoms with E-state index in [1.54, 1.807) is 4.90 Å². The van der Waals surface area contributed by atoms with Crippen molar-refractivity contribution in [2.45, 2.75) is 18.9 Å².